The number of rotatable bonds is 10. The standard InChI is InChI=1S/C22H27BrN2O5/c1-5-28-18-11-15(12-19(29-6-2)21(18)30-7-3)22(27)24-13-20(26)25-17-9-8-16(23)10-14(17)4/h8-12H,5-7,13H2,1-4H3,(H,24,27)(H,25,26). The molecule has 0 aliphatic carbocycles. The third-order valence-electron chi connectivity index (χ3n) is 4.04. The van der Waals surface area contributed by atoms with Gasteiger partial charge in [0.05, 0.1) is 26.4 Å². The first kappa shape index (κ1) is 23.5. The third-order valence-corrected chi connectivity index (χ3v) is 4.54. The maximum Gasteiger partial charge on any atom is 0.251 e. The molecule has 0 aliphatic heterocycles. The summed E-state index contributed by atoms with van der Waals surface area (Å²) in [7, 11) is 0. The van der Waals surface area contributed by atoms with Gasteiger partial charge in [0.15, 0.2) is 11.5 Å². The maximum absolute atomic E-state index is 12.6. The van der Waals surface area contributed by atoms with Crippen LogP contribution < -0.4 is 24.8 Å². The van der Waals surface area contributed by atoms with E-state index < -0.39 is 5.91 Å². The molecule has 2 aromatic rings. The van der Waals surface area contributed by atoms with Crippen molar-refractivity contribution in [3.8, 4) is 17.2 Å². The number of anilines is 1. The normalized spacial score (nSPS) is 10.3. The van der Waals surface area contributed by atoms with Gasteiger partial charge in [0, 0.05) is 15.7 Å². The molecule has 2 rings (SSSR count). The van der Waals surface area contributed by atoms with Crippen LogP contribution in [0.3, 0.4) is 0 Å². The van der Waals surface area contributed by atoms with Crippen LogP contribution in [0.1, 0.15) is 36.7 Å². The molecule has 0 heterocycles. The molecule has 0 aliphatic rings. The van der Waals surface area contributed by atoms with Crippen LogP contribution >= 0.6 is 15.9 Å². The van der Waals surface area contributed by atoms with E-state index in [4.69, 9.17) is 14.2 Å². The molecule has 8 heteroatoms. The monoisotopic (exact) mass is 478 g/mol. The molecule has 0 atom stereocenters. The fourth-order valence-electron chi connectivity index (χ4n) is 2.74. The molecule has 0 bridgehead atoms. The summed E-state index contributed by atoms with van der Waals surface area (Å²) in [6, 6.07) is 8.71. The Morgan fingerprint density at radius 3 is 2.07 bits per heavy atom. The molecular weight excluding hydrogens is 452 g/mol. The molecule has 0 aromatic heterocycles. The van der Waals surface area contributed by atoms with Crippen molar-refractivity contribution in [2.75, 3.05) is 31.7 Å². The molecule has 2 amide bonds. The van der Waals surface area contributed by atoms with Crippen LogP contribution in [-0.2, 0) is 4.79 Å². The van der Waals surface area contributed by atoms with E-state index in [1.807, 2.05) is 39.8 Å². The SMILES string of the molecule is CCOc1cc(C(=O)NCC(=O)Nc2ccc(Br)cc2C)cc(OCC)c1OCC. The second kappa shape index (κ2) is 11.4. The number of amides is 2. The summed E-state index contributed by atoms with van der Waals surface area (Å²) >= 11 is 3.39. The molecule has 2 aromatic carbocycles. The molecule has 30 heavy (non-hydrogen) atoms. The molecule has 0 radical (unpaired) electrons. The predicted octanol–water partition coefficient (Wildman–Crippen LogP) is 4.32. The van der Waals surface area contributed by atoms with Crippen molar-refractivity contribution in [3.05, 3.63) is 45.9 Å². The lowest BCUT2D eigenvalue weighted by atomic mass is 10.1. The summed E-state index contributed by atoms with van der Waals surface area (Å²) in [5.74, 6) is 0.564. The number of benzene rings is 2. The van der Waals surface area contributed by atoms with Crippen molar-refractivity contribution >= 4 is 33.4 Å². The number of carbonyl (C=O) groups is 2. The summed E-state index contributed by atoms with van der Waals surface area (Å²) in [5, 5.41) is 5.42. The Morgan fingerprint density at radius 1 is 0.933 bits per heavy atom. The average Bonchev–Trinajstić information content (AvgIpc) is 2.71. The summed E-state index contributed by atoms with van der Waals surface area (Å²) in [4.78, 5) is 24.9. The minimum Gasteiger partial charge on any atom is -0.490 e. The lowest BCUT2D eigenvalue weighted by Crippen LogP contribution is -2.33. The molecule has 2 N–H and O–H groups in total. The summed E-state index contributed by atoms with van der Waals surface area (Å²) in [6.45, 7) is 8.52. The zero-order valence-corrected chi connectivity index (χ0v) is 19.2. The Kier molecular flexibility index (Phi) is 8.98. The number of carbonyl (C=O) groups excluding carboxylic acids is 2. The largest absolute Gasteiger partial charge is 0.490 e. The van der Waals surface area contributed by atoms with Crippen molar-refractivity contribution < 1.29 is 23.8 Å². The second-order valence-corrected chi connectivity index (χ2v) is 7.21. The molecule has 0 fully saturated rings. The number of ether oxygens (including phenoxy) is 3. The average molecular weight is 479 g/mol. The molecule has 0 unspecified atom stereocenters. The van der Waals surface area contributed by atoms with E-state index in [0.29, 0.717) is 48.3 Å². The first-order valence-corrected chi connectivity index (χ1v) is 10.6. The zero-order valence-electron chi connectivity index (χ0n) is 17.6. The maximum atomic E-state index is 12.6. The fraction of sp³-hybridized carbons (Fsp3) is 0.364. The van der Waals surface area contributed by atoms with Crippen LogP contribution in [0.25, 0.3) is 0 Å². The van der Waals surface area contributed by atoms with E-state index >= 15 is 0 Å². The number of hydrogen-bond donors (Lipinski definition) is 2. The highest BCUT2D eigenvalue weighted by Crippen LogP contribution is 2.39. The summed E-state index contributed by atoms with van der Waals surface area (Å²) < 4.78 is 17.8. The Bertz CT molecular complexity index is 874. The fourth-order valence-corrected chi connectivity index (χ4v) is 3.22. The Balaban J connectivity index is 2.12. The van der Waals surface area contributed by atoms with Gasteiger partial charge in [0.25, 0.3) is 5.91 Å². The smallest absolute Gasteiger partial charge is 0.251 e. The van der Waals surface area contributed by atoms with Crippen molar-refractivity contribution in [2.24, 2.45) is 0 Å². The van der Waals surface area contributed by atoms with Crippen LogP contribution in [0.4, 0.5) is 5.69 Å². The van der Waals surface area contributed by atoms with Crippen LogP contribution in [0.5, 0.6) is 17.2 Å². The van der Waals surface area contributed by atoms with Gasteiger partial charge in [-0.25, -0.2) is 0 Å². The lowest BCUT2D eigenvalue weighted by molar-refractivity contribution is -0.115. The van der Waals surface area contributed by atoms with Crippen LogP contribution in [0.15, 0.2) is 34.8 Å². The van der Waals surface area contributed by atoms with E-state index in [9.17, 15) is 9.59 Å². The predicted molar refractivity (Wildman–Crippen MR) is 120 cm³/mol. The molecule has 162 valence electrons. The van der Waals surface area contributed by atoms with Crippen molar-refractivity contribution in [1.82, 2.24) is 5.32 Å². The van der Waals surface area contributed by atoms with Gasteiger partial charge in [-0.3, -0.25) is 9.59 Å². The first-order chi connectivity index (χ1) is 14.4. The van der Waals surface area contributed by atoms with Gasteiger partial charge in [0.1, 0.15) is 0 Å². The van der Waals surface area contributed by atoms with Gasteiger partial charge in [0.2, 0.25) is 11.7 Å². The van der Waals surface area contributed by atoms with E-state index in [1.54, 1.807) is 18.2 Å². The highest BCUT2D eigenvalue weighted by atomic mass is 79.9. The Morgan fingerprint density at radius 2 is 1.53 bits per heavy atom. The van der Waals surface area contributed by atoms with E-state index in [0.717, 1.165) is 10.0 Å². The van der Waals surface area contributed by atoms with Crippen molar-refractivity contribution in [3.63, 3.8) is 0 Å². The molecule has 0 spiro atoms. The van der Waals surface area contributed by atoms with Crippen LogP contribution in [0.2, 0.25) is 0 Å². The van der Waals surface area contributed by atoms with E-state index in [-0.39, 0.29) is 12.5 Å². The first-order valence-electron chi connectivity index (χ1n) is 9.80. The Hall–Kier alpha value is -2.74. The molecule has 0 saturated heterocycles. The number of aryl methyl sites for hydroxylation is 1. The van der Waals surface area contributed by atoms with Gasteiger partial charge >= 0.3 is 0 Å². The van der Waals surface area contributed by atoms with Crippen molar-refractivity contribution in [2.45, 2.75) is 27.7 Å². The van der Waals surface area contributed by atoms with Crippen LogP contribution in [0, 0.1) is 6.92 Å². The number of nitrogens with one attached hydrogen (secondary N) is 2. The highest BCUT2D eigenvalue weighted by Gasteiger charge is 2.19. The minimum absolute atomic E-state index is 0.171. The lowest BCUT2D eigenvalue weighted by Gasteiger charge is -2.17. The van der Waals surface area contributed by atoms with Crippen molar-refractivity contribution in [1.29, 1.82) is 0 Å². The third kappa shape index (κ3) is 6.38. The van der Waals surface area contributed by atoms with Gasteiger partial charge in [-0.2, -0.15) is 0 Å². The van der Waals surface area contributed by atoms with E-state index in [2.05, 4.69) is 26.6 Å². The minimum atomic E-state index is -0.414. The highest BCUT2D eigenvalue weighted by molar-refractivity contribution is 9.10. The zero-order chi connectivity index (χ0) is 22.1. The number of hydrogen-bond acceptors (Lipinski definition) is 5. The van der Waals surface area contributed by atoms with Gasteiger partial charge in [-0.15, -0.1) is 0 Å². The summed E-state index contributed by atoms with van der Waals surface area (Å²) in [6.07, 6.45) is 0. The van der Waals surface area contributed by atoms with Crippen LogP contribution in [-0.4, -0.2) is 38.2 Å². The quantitative estimate of drug-likeness (QED) is 0.530. The molecule has 0 saturated carbocycles. The van der Waals surface area contributed by atoms with E-state index in [1.165, 1.54) is 0 Å². The second-order valence-electron chi connectivity index (χ2n) is 6.29. The molecule has 7 nitrogen and oxygen atoms in total. The Labute approximate surface area is 185 Å². The summed E-state index contributed by atoms with van der Waals surface area (Å²) in [5.41, 5.74) is 1.92. The van der Waals surface area contributed by atoms with Gasteiger partial charge < -0.3 is 24.8 Å². The molecular formula is C22H27BrN2O5. The number of halogens is 1. The van der Waals surface area contributed by atoms with Gasteiger partial charge in [-0.1, -0.05) is 15.9 Å². The topological polar surface area (TPSA) is 85.9 Å². The van der Waals surface area contributed by atoms with Gasteiger partial charge in [-0.05, 0) is 63.6 Å².